The predicted octanol–water partition coefficient (Wildman–Crippen LogP) is 1.90. The topological polar surface area (TPSA) is 44.4 Å². The van der Waals surface area contributed by atoms with Gasteiger partial charge < -0.3 is 15.5 Å². The Morgan fingerprint density at radius 1 is 0.905 bits per heavy atom. The Labute approximate surface area is 129 Å². The molecule has 0 radical (unpaired) electrons. The molecular weight excluding hydrogens is 262 g/mol. The molecule has 2 saturated heterocycles. The molecule has 1 saturated carbocycles. The van der Waals surface area contributed by atoms with Crippen LogP contribution in [0.2, 0.25) is 0 Å². The number of likely N-dealkylation sites (tertiary alicyclic amines) is 1. The molecule has 4 nitrogen and oxygen atoms in total. The molecule has 0 atom stereocenters. The molecule has 1 amide bonds. The zero-order valence-electron chi connectivity index (χ0n) is 13.3. The fourth-order valence-corrected chi connectivity index (χ4v) is 4.26. The Morgan fingerprint density at radius 3 is 2.24 bits per heavy atom. The Hall–Kier alpha value is -0.610. The summed E-state index contributed by atoms with van der Waals surface area (Å²) in [4.78, 5) is 15.0. The fourth-order valence-electron chi connectivity index (χ4n) is 4.26. The summed E-state index contributed by atoms with van der Waals surface area (Å²) in [5.74, 6) is 0.565. The third kappa shape index (κ3) is 4.19. The summed E-state index contributed by atoms with van der Waals surface area (Å²) >= 11 is 0. The minimum Gasteiger partial charge on any atom is -0.353 e. The molecule has 0 bridgehead atoms. The molecule has 2 N–H and O–H groups in total. The van der Waals surface area contributed by atoms with Gasteiger partial charge in [0.15, 0.2) is 0 Å². The van der Waals surface area contributed by atoms with E-state index in [1.165, 1.54) is 45.2 Å². The van der Waals surface area contributed by atoms with Gasteiger partial charge in [-0.05, 0) is 51.6 Å². The minimum absolute atomic E-state index is 0.252. The Morgan fingerprint density at radius 2 is 1.57 bits per heavy atom. The maximum Gasteiger partial charge on any atom is 0.223 e. The summed E-state index contributed by atoms with van der Waals surface area (Å²) in [6.45, 7) is 4.36. The summed E-state index contributed by atoms with van der Waals surface area (Å²) in [5.41, 5.74) is 0. The van der Waals surface area contributed by atoms with Crippen LogP contribution in [0.5, 0.6) is 0 Å². The van der Waals surface area contributed by atoms with Crippen molar-refractivity contribution >= 4 is 5.91 Å². The smallest absolute Gasteiger partial charge is 0.223 e. The van der Waals surface area contributed by atoms with Gasteiger partial charge in [-0.25, -0.2) is 0 Å². The van der Waals surface area contributed by atoms with Crippen LogP contribution in [0.4, 0.5) is 0 Å². The molecule has 0 unspecified atom stereocenters. The number of carbonyl (C=O) groups is 1. The van der Waals surface area contributed by atoms with Crippen LogP contribution in [-0.2, 0) is 4.79 Å². The molecule has 1 aliphatic carbocycles. The summed E-state index contributed by atoms with van der Waals surface area (Å²) < 4.78 is 0. The van der Waals surface area contributed by atoms with Gasteiger partial charge in [0.1, 0.15) is 0 Å². The van der Waals surface area contributed by atoms with E-state index >= 15 is 0 Å². The van der Waals surface area contributed by atoms with E-state index in [9.17, 15) is 4.79 Å². The number of hydrogen-bond donors (Lipinski definition) is 2. The first-order valence-corrected chi connectivity index (χ1v) is 9.08. The Balaban J connectivity index is 1.39. The number of carbonyl (C=O) groups excluding carboxylic acids is 1. The summed E-state index contributed by atoms with van der Waals surface area (Å²) in [6, 6.07) is 1.26. The largest absolute Gasteiger partial charge is 0.353 e. The highest BCUT2D eigenvalue weighted by atomic mass is 16.1. The number of rotatable bonds is 3. The molecule has 2 aliphatic heterocycles. The van der Waals surface area contributed by atoms with E-state index in [-0.39, 0.29) is 5.92 Å². The van der Waals surface area contributed by atoms with Crippen molar-refractivity contribution in [3.05, 3.63) is 0 Å². The number of nitrogens with one attached hydrogen (secondary N) is 2. The van der Waals surface area contributed by atoms with E-state index in [4.69, 9.17) is 0 Å². The van der Waals surface area contributed by atoms with Gasteiger partial charge in [-0.3, -0.25) is 4.79 Å². The first-order valence-electron chi connectivity index (χ1n) is 9.08. The van der Waals surface area contributed by atoms with Gasteiger partial charge in [0.05, 0.1) is 0 Å². The maximum absolute atomic E-state index is 12.3. The van der Waals surface area contributed by atoms with Crippen LogP contribution in [-0.4, -0.2) is 49.1 Å². The molecule has 2 heterocycles. The second kappa shape index (κ2) is 7.59. The van der Waals surface area contributed by atoms with Crippen molar-refractivity contribution in [3.8, 4) is 0 Å². The fraction of sp³-hybridized carbons (Fsp3) is 0.941. The van der Waals surface area contributed by atoms with Crippen LogP contribution < -0.4 is 10.6 Å². The third-order valence-corrected chi connectivity index (χ3v) is 5.68. The number of hydrogen-bond acceptors (Lipinski definition) is 3. The average Bonchev–Trinajstić information content (AvgIpc) is 2.57. The predicted molar refractivity (Wildman–Crippen MR) is 85.2 cm³/mol. The first kappa shape index (κ1) is 15.3. The van der Waals surface area contributed by atoms with Crippen LogP contribution in [0.1, 0.15) is 57.8 Å². The van der Waals surface area contributed by atoms with Crippen LogP contribution >= 0.6 is 0 Å². The summed E-state index contributed by atoms with van der Waals surface area (Å²) in [6.07, 6.45) is 11.4. The SMILES string of the molecule is O=C(NC1CCN(C2CCCCC2)CC1)C1CCNCC1. The molecule has 3 rings (SSSR count). The minimum atomic E-state index is 0.252. The molecule has 0 aromatic carbocycles. The zero-order valence-corrected chi connectivity index (χ0v) is 13.3. The van der Waals surface area contributed by atoms with Gasteiger partial charge in [0.25, 0.3) is 0 Å². The molecule has 3 aliphatic rings. The highest BCUT2D eigenvalue weighted by Crippen LogP contribution is 2.25. The molecule has 0 aromatic rings. The maximum atomic E-state index is 12.3. The van der Waals surface area contributed by atoms with Gasteiger partial charge in [0.2, 0.25) is 5.91 Å². The average molecular weight is 293 g/mol. The van der Waals surface area contributed by atoms with E-state index in [2.05, 4.69) is 15.5 Å². The highest BCUT2D eigenvalue weighted by Gasteiger charge is 2.28. The van der Waals surface area contributed by atoms with Gasteiger partial charge in [0, 0.05) is 31.1 Å². The van der Waals surface area contributed by atoms with Crippen molar-refractivity contribution in [1.82, 2.24) is 15.5 Å². The highest BCUT2D eigenvalue weighted by molar-refractivity contribution is 5.79. The normalized spacial score (nSPS) is 27.6. The van der Waals surface area contributed by atoms with E-state index in [0.717, 1.165) is 44.8 Å². The number of nitrogens with zero attached hydrogens (tertiary/aromatic N) is 1. The van der Waals surface area contributed by atoms with Crippen LogP contribution in [0.25, 0.3) is 0 Å². The van der Waals surface area contributed by atoms with Gasteiger partial charge in [-0.15, -0.1) is 0 Å². The monoisotopic (exact) mass is 293 g/mol. The summed E-state index contributed by atoms with van der Waals surface area (Å²) in [5, 5.41) is 6.65. The van der Waals surface area contributed by atoms with E-state index in [1.807, 2.05) is 0 Å². The lowest BCUT2D eigenvalue weighted by Gasteiger charge is -2.39. The quantitative estimate of drug-likeness (QED) is 0.835. The van der Waals surface area contributed by atoms with Crippen molar-refractivity contribution in [3.63, 3.8) is 0 Å². The lowest BCUT2D eigenvalue weighted by molar-refractivity contribution is -0.126. The Kier molecular flexibility index (Phi) is 5.53. The van der Waals surface area contributed by atoms with Crippen molar-refractivity contribution in [1.29, 1.82) is 0 Å². The molecule has 3 fully saturated rings. The molecule has 4 heteroatoms. The van der Waals surface area contributed by atoms with Crippen LogP contribution in [0, 0.1) is 5.92 Å². The first-order chi connectivity index (χ1) is 10.3. The molecular formula is C17H31N3O. The second-order valence-corrected chi connectivity index (χ2v) is 7.13. The lowest BCUT2D eigenvalue weighted by Crippen LogP contribution is -2.50. The third-order valence-electron chi connectivity index (χ3n) is 5.68. The van der Waals surface area contributed by atoms with Crippen molar-refractivity contribution in [2.75, 3.05) is 26.2 Å². The zero-order chi connectivity index (χ0) is 14.5. The number of piperidine rings is 2. The van der Waals surface area contributed by atoms with Crippen LogP contribution in [0.15, 0.2) is 0 Å². The van der Waals surface area contributed by atoms with Gasteiger partial charge in [-0.2, -0.15) is 0 Å². The lowest BCUT2D eigenvalue weighted by atomic mass is 9.91. The molecule has 0 aromatic heterocycles. The number of amides is 1. The molecule has 0 spiro atoms. The van der Waals surface area contributed by atoms with Crippen molar-refractivity contribution < 1.29 is 4.79 Å². The summed E-state index contributed by atoms with van der Waals surface area (Å²) in [7, 11) is 0. The van der Waals surface area contributed by atoms with Crippen molar-refractivity contribution in [2.45, 2.75) is 69.9 Å². The second-order valence-electron chi connectivity index (χ2n) is 7.13. The Bertz CT molecular complexity index is 327. The standard InChI is InChI=1S/C17H31N3O/c21-17(14-6-10-18-11-7-14)19-15-8-12-20(13-9-15)16-4-2-1-3-5-16/h14-16,18H,1-13H2,(H,19,21). The van der Waals surface area contributed by atoms with Crippen LogP contribution in [0.3, 0.4) is 0 Å². The molecule has 21 heavy (non-hydrogen) atoms. The van der Waals surface area contributed by atoms with E-state index in [1.54, 1.807) is 0 Å². The van der Waals surface area contributed by atoms with E-state index < -0.39 is 0 Å². The van der Waals surface area contributed by atoms with Gasteiger partial charge >= 0.3 is 0 Å². The van der Waals surface area contributed by atoms with Gasteiger partial charge in [-0.1, -0.05) is 19.3 Å². The van der Waals surface area contributed by atoms with E-state index in [0.29, 0.717) is 11.9 Å². The van der Waals surface area contributed by atoms with Crippen molar-refractivity contribution in [2.24, 2.45) is 5.92 Å². The molecule has 120 valence electrons.